The van der Waals surface area contributed by atoms with Crippen molar-refractivity contribution in [2.75, 3.05) is 19.6 Å². The van der Waals surface area contributed by atoms with Gasteiger partial charge in [0.15, 0.2) is 0 Å². The number of phenolic OH excluding ortho intramolecular Hbond substituents is 1. The van der Waals surface area contributed by atoms with Gasteiger partial charge in [-0.15, -0.1) is 6.58 Å². The topological polar surface area (TPSA) is 52.6 Å². The molecule has 3 aromatic carbocycles. The maximum absolute atomic E-state index is 13.2. The zero-order chi connectivity index (χ0) is 22.8. The lowest BCUT2D eigenvalue weighted by atomic mass is 9.58. The van der Waals surface area contributed by atoms with Gasteiger partial charge in [0.05, 0.1) is 0 Å². The molecule has 0 aromatic heterocycles. The van der Waals surface area contributed by atoms with E-state index < -0.39 is 0 Å². The highest BCUT2D eigenvalue weighted by Gasteiger charge is 2.48. The van der Waals surface area contributed by atoms with Crippen molar-refractivity contribution in [3.8, 4) is 5.75 Å². The van der Waals surface area contributed by atoms with Crippen LogP contribution in [0.2, 0.25) is 0 Å². The summed E-state index contributed by atoms with van der Waals surface area (Å²) in [4.78, 5) is 15.7. The normalized spacial score (nSPS) is 25.3. The van der Waals surface area contributed by atoms with Crippen LogP contribution in [-0.2, 0) is 5.41 Å². The number of phenols is 1. The summed E-state index contributed by atoms with van der Waals surface area (Å²) in [7, 11) is 0. The van der Waals surface area contributed by atoms with E-state index >= 15 is 0 Å². The van der Waals surface area contributed by atoms with Gasteiger partial charge in [0.2, 0.25) is 0 Å². The third-order valence-electron chi connectivity index (χ3n) is 7.76. The number of aromatic hydroxyl groups is 1. The van der Waals surface area contributed by atoms with E-state index in [0.29, 0.717) is 17.2 Å². The van der Waals surface area contributed by atoms with Gasteiger partial charge >= 0.3 is 0 Å². The standard InChI is InChI=1S/C29H32N2O2/c1-2-15-31-16-14-29(24-8-5-9-27(32)18-24)19-26(13-12-25(29)20-31)30-28(33)23-11-10-21-6-3-4-7-22(21)17-23/h2-11,17-18,25-26,32H,1,12-16,19-20H2,(H,30,33)/t25-,26-,29+/m1/s1. The van der Waals surface area contributed by atoms with Crippen LogP contribution in [0.3, 0.4) is 0 Å². The Labute approximate surface area is 195 Å². The first kappa shape index (κ1) is 21.7. The van der Waals surface area contributed by atoms with Crippen LogP contribution in [0.25, 0.3) is 10.8 Å². The van der Waals surface area contributed by atoms with Crippen LogP contribution in [0.4, 0.5) is 0 Å². The fraction of sp³-hybridized carbons (Fsp3) is 0.345. The van der Waals surface area contributed by atoms with Gasteiger partial charge in [-0.3, -0.25) is 9.69 Å². The molecule has 0 radical (unpaired) electrons. The van der Waals surface area contributed by atoms with Gasteiger partial charge in [0, 0.05) is 30.1 Å². The quantitative estimate of drug-likeness (QED) is 0.531. The molecule has 1 aliphatic carbocycles. The second-order valence-corrected chi connectivity index (χ2v) is 9.72. The molecule has 1 aliphatic heterocycles. The number of rotatable bonds is 5. The zero-order valence-electron chi connectivity index (χ0n) is 19.0. The van der Waals surface area contributed by atoms with Crippen molar-refractivity contribution in [2.24, 2.45) is 5.92 Å². The summed E-state index contributed by atoms with van der Waals surface area (Å²) in [5.74, 6) is 0.817. The molecule has 0 unspecified atom stereocenters. The van der Waals surface area contributed by atoms with E-state index in [1.54, 1.807) is 6.07 Å². The Kier molecular flexibility index (Phi) is 5.94. The average molecular weight is 441 g/mol. The molecule has 4 heteroatoms. The summed E-state index contributed by atoms with van der Waals surface area (Å²) in [6.45, 7) is 6.87. The highest BCUT2D eigenvalue weighted by atomic mass is 16.3. The van der Waals surface area contributed by atoms with E-state index in [9.17, 15) is 9.90 Å². The van der Waals surface area contributed by atoms with Crippen molar-refractivity contribution in [3.05, 3.63) is 90.5 Å². The van der Waals surface area contributed by atoms with Crippen molar-refractivity contribution in [1.29, 1.82) is 0 Å². The van der Waals surface area contributed by atoms with Gasteiger partial charge in [-0.25, -0.2) is 0 Å². The summed E-state index contributed by atoms with van der Waals surface area (Å²) in [5.41, 5.74) is 1.88. The largest absolute Gasteiger partial charge is 0.508 e. The second-order valence-electron chi connectivity index (χ2n) is 9.72. The maximum atomic E-state index is 13.2. The molecule has 3 aromatic rings. The molecular formula is C29H32N2O2. The van der Waals surface area contributed by atoms with Gasteiger partial charge in [-0.05, 0) is 78.7 Å². The molecule has 0 spiro atoms. The average Bonchev–Trinajstić information content (AvgIpc) is 2.84. The van der Waals surface area contributed by atoms with Crippen LogP contribution in [-0.4, -0.2) is 41.6 Å². The van der Waals surface area contributed by atoms with Gasteiger partial charge < -0.3 is 10.4 Å². The minimum atomic E-state index is -0.0318. The Morgan fingerprint density at radius 3 is 2.76 bits per heavy atom. The minimum Gasteiger partial charge on any atom is -0.508 e. The van der Waals surface area contributed by atoms with E-state index in [-0.39, 0.29) is 17.4 Å². The molecule has 3 atom stereocenters. The highest BCUT2D eigenvalue weighted by Crippen LogP contribution is 2.49. The van der Waals surface area contributed by atoms with Gasteiger partial charge in [0.1, 0.15) is 5.75 Å². The van der Waals surface area contributed by atoms with Crippen LogP contribution in [0.5, 0.6) is 5.75 Å². The maximum Gasteiger partial charge on any atom is 0.251 e. The van der Waals surface area contributed by atoms with Crippen LogP contribution in [0.1, 0.15) is 41.6 Å². The Balaban J connectivity index is 1.39. The smallest absolute Gasteiger partial charge is 0.251 e. The lowest BCUT2D eigenvalue weighted by Gasteiger charge is -2.53. The van der Waals surface area contributed by atoms with Crippen molar-refractivity contribution >= 4 is 16.7 Å². The van der Waals surface area contributed by atoms with Crippen molar-refractivity contribution in [3.63, 3.8) is 0 Å². The Bertz CT molecular complexity index is 1170. The van der Waals surface area contributed by atoms with Gasteiger partial charge in [0.25, 0.3) is 5.91 Å². The summed E-state index contributed by atoms with van der Waals surface area (Å²) in [6.07, 6.45) is 5.95. The summed E-state index contributed by atoms with van der Waals surface area (Å²) in [6, 6.07) is 21.9. The SMILES string of the molecule is C=CCN1CC[C@@]2(c3cccc(O)c3)C[C@H](NC(=O)c3ccc4ccccc4c3)CC[C@@H]2C1. The third kappa shape index (κ3) is 4.28. The molecule has 2 aliphatic rings. The number of nitrogens with zero attached hydrogens (tertiary/aromatic N) is 1. The highest BCUT2D eigenvalue weighted by molar-refractivity contribution is 5.98. The van der Waals surface area contributed by atoms with E-state index in [2.05, 4.69) is 28.9 Å². The predicted molar refractivity (Wildman–Crippen MR) is 134 cm³/mol. The lowest BCUT2D eigenvalue weighted by Crippen LogP contribution is -2.56. The van der Waals surface area contributed by atoms with Crippen LogP contribution >= 0.6 is 0 Å². The number of likely N-dealkylation sites (tertiary alicyclic amines) is 1. The van der Waals surface area contributed by atoms with Gasteiger partial charge in [-0.2, -0.15) is 0 Å². The first-order chi connectivity index (χ1) is 16.1. The Hall–Kier alpha value is -3.11. The summed E-state index contributed by atoms with van der Waals surface area (Å²) in [5, 5.41) is 15.8. The number of carbonyl (C=O) groups is 1. The number of amides is 1. The second kappa shape index (κ2) is 9.03. The van der Waals surface area contributed by atoms with Crippen molar-refractivity contribution in [2.45, 2.75) is 37.1 Å². The molecule has 1 saturated heterocycles. The molecule has 2 N–H and O–H groups in total. The number of nitrogens with one attached hydrogen (secondary N) is 1. The zero-order valence-corrected chi connectivity index (χ0v) is 19.0. The fourth-order valence-electron chi connectivity index (χ4n) is 6.10. The summed E-state index contributed by atoms with van der Waals surface area (Å²) < 4.78 is 0. The molecule has 33 heavy (non-hydrogen) atoms. The van der Waals surface area contributed by atoms with Crippen molar-refractivity contribution < 1.29 is 9.90 Å². The third-order valence-corrected chi connectivity index (χ3v) is 7.76. The number of hydrogen-bond acceptors (Lipinski definition) is 3. The van der Waals surface area contributed by atoms with E-state index in [0.717, 1.165) is 56.1 Å². The van der Waals surface area contributed by atoms with Crippen LogP contribution in [0.15, 0.2) is 79.4 Å². The molecule has 2 fully saturated rings. The number of piperidine rings is 1. The molecule has 1 heterocycles. The molecule has 4 nitrogen and oxygen atoms in total. The molecule has 5 rings (SSSR count). The molecule has 1 amide bonds. The number of benzene rings is 3. The van der Waals surface area contributed by atoms with Crippen LogP contribution in [0, 0.1) is 5.92 Å². The van der Waals surface area contributed by atoms with Gasteiger partial charge in [-0.1, -0.05) is 48.5 Å². The summed E-state index contributed by atoms with van der Waals surface area (Å²) >= 11 is 0. The first-order valence-corrected chi connectivity index (χ1v) is 12.0. The van der Waals surface area contributed by atoms with Crippen molar-refractivity contribution in [1.82, 2.24) is 10.2 Å². The Morgan fingerprint density at radius 1 is 1.09 bits per heavy atom. The molecular weight excluding hydrogens is 408 g/mol. The molecule has 0 bridgehead atoms. The minimum absolute atomic E-state index is 0.000597. The molecule has 170 valence electrons. The van der Waals surface area contributed by atoms with E-state index in [1.807, 2.05) is 54.6 Å². The van der Waals surface area contributed by atoms with E-state index in [4.69, 9.17) is 0 Å². The fourth-order valence-corrected chi connectivity index (χ4v) is 6.10. The van der Waals surface area contributed by atoms with E-state index in [1.165, 1.54) is 5.56 Å². The molecule has 1 saturated carbocycles. The number of fused-ring (bicyclic) bond motifs is 2. The Morgan fingerprint density at radius 2 is 1.94 bits per heavy atom. The first-order valence-electron chi connectivity index (χ1n) is 12.0. The number of hydrogen-bond donors (Lipinski definition) is 2. The number of carbonyl (C=O) groups excluding carboxylic acids is 1. The van der Waals surface area contributed by atoms with Crippen LogP contribution < -0.4 is 5.32 Å². The predicted octanol–water partition coefficient (Wildman–Crippen LogP) is 5.27. The lowest BCUT2D eigenvalue weighted by molar-refractivity contribution is 0.0473. The monoisotopic (exact) mass is 440 g/mol.